The second-order valence-electron chi connectivity index (χ2n) is 5.81. The van der Waals surface area contributed by atoms with E-state index < -0.39 is 0 Å². The van der Waals surface area contributed by atoms with E-state index >= 15 is 0 Å². The molecule has 0 saturated carbocycles. The SMILES string of the molecule is CC(C)NC(=O)N1CCCCC1c1ccc2cncnn12. The summed E-state index contributed by atoms with van der Waals surface area (Å²) in [5.41, 5.74) is 2.02. The highest BCUT2D eigenvalue weighted by molar-refractivity contribution is 5.75. The van der Waals surface area contributed by atoms with Crippen molar-refractivity contribution < 1.29 is 4.79 Å². The summed E-state index contributed by atoms with van der Waals surface area (Å²) in [5.74, 6) is 0. The Morgan fingerprint density at radius 3 is 3.05 bits per heavy atom. The summed E-state index contributed by atoms with van der Waals surface area (Å²) < 4.78 is 1.89. The van der Waals surface area contributed by atoms with Gasteiger partial charge in [-0.25, -0.2) is 14.3 Å². The van der Waals surface area contributed by atoms with E-state index in [4.69, 9.17) is 0 Å². The first kappa shape index (κ1) is 13.9. The molecular weight excluding hydrogens is 266 g/mol. The van der Waals surface area contributed by atoms with E-state index in [1.807, 2.05) is 29.3 Å². The number of carbonyl (C=O) groups is 1. The molecule has 1 saturated heterocycles. The summed E-state index contributed by atoms with van der Waals surface area (Å²) in [6.07, 6.45) is 6.49. The molecule has 1 aliphatic heterocycles. The highest BCUT2D eigenvalue weighted by Gasteiger charge is 2.30. The van der Waals surface area contributed by atoms with Gasteiger partial charge in [0.2, 0.25) is 0 Å². The molecule has 1 atom stereocenters. The van der Waals surface area contributed by atoms with E-state index in [1.165, 1.54) is 6.33 Å². The Bertz CT molecular complexity index is 636. The smallest absolute Gasteiger partial charge is 0.318 e. The summed E-state index contributed by atoms with van der Waals surface area (Å²) in [7, 11) is 0. The molecule has 21 heavy (non-hydrogen) atoms. The Kier molecular flexibility index (Phi) is 3.77. The maximum Gasteiger partial charge on any atom is 0.318 e. The van der Waals surface area contributed by atoms with Crippen molar-refractivity contribution in [1.82, 2.24) is 24.8 Å². The molecular formula is C15H21N5O. The first-order chi connectivity index (χ1) is 10.2. The minimum Gasteiger partial charge on any atom is -0.336 e. The number of hydrogen-bond donors (Lipinski definition) is 1. The van der Waals surface area contributed by atoms with E-state index in [2.05, 4.69) is 21.5 Å². The fourth-order valence-corrected chi connectivity index (χ4v) is 2.95. The lowest BCUT2D eigenvalue weighted by Gasteiger charge is -2.36. The second-order valence-corrected chi connectivity index (χ2v) is 5.81. The van der Waals surface area contributed by atoms with Crippen LogP contribution in [0.15, 0.2) is 24.7 Å². The predicted molar refractivity (Wildman–Crippen MR) is 80.0 cm³/mol. The van der Waals surface area contributed by atoms with Crippen LogP contribution in [-0.4, -0.2) is 38.1 Å². The summed E-state index contributed by atoms with van der Waals surface area (Å²) in [4.78, 5) is 18.4. The molecule has 6 heteroatoms. The summed E-state index contributed by atoms with van der Waals surface area (Å²) in [6.45, 7) is 4.76. The number of fused-ring (bicyclic) bond motifs is 1. The van der Waals surface area contributed by atoms with Crippen molar-refractivity contribution in [2.75, 3.05) is 6.54 Å². The maximum atomic E-state index is 12.4. The molecule has 1 fully saturated rings. The minimum absolute atomic E-state index is 0.0127. The third-order valence-corrected chi connectivity index (χ3v) is 3.87. The highest BCUT2D eigenvalue weighted by atomic mass is 16.2. The van der Waals surface area contributed by atoms with Gasteiger partial charge in [0, 0.05) is 12.6 Å². The molecule has 0 spiro atoms. The number of hydrogen-bond acceptors (Lipinski definition) is 3. The quantitative estimate of drug-likeness (QED) is 0.922. The van der Waals surface area contributed by atoms with Crippen molar-refractivity contribution in [1.29, 1.82) is 0 Å². The highest BCUT2D eigenvalue weighted by Crippen LogP contribution is 2.31. The van der Waals surface area contributed by atoms with Gasteiger partial charge < -0.3 is 10.2 Å². The number of nitrogens with zero attached hydrogens (tertiary/aromatic N) is 4. The number of carbonyl (C=O) groups excluding carboxylic acids is 1. The number of piperidine rings is 1. The van der Waals surface area contributed by atoms with Gasteiger partial charge in [-0.2, -0.15) is 5.10 Å². The van der Waals surface area contributed by atoms with Crippen LogP contribution in [0.1, 0.15) is 44.8 Å². The first-order valence-electron chi connectivity index (χ1n) is 7.51. The van der Waals surface area contributed by atoms with Crippen molar-refractivity contribution in [3.63, 3.8) is 0 Å². The lowest BCUT2D eigenvalue weighted by molar-refractivity contribution is 0.147. The summed E-state index contributed by atoms with van der Waals surface area (Å²) in [6, 6.07) is 4.29. The van der Waals surface area contributed by atoms with Crippen molar-refractivity contribution in [2.24, 2.45) is 0 Å². The van der Waals surface area contributed by atoms with Crippen LogP contribution in [0.3, 0.4) is 0 Å². The summed E-state index contributed by atoms with van der Waals surface area (Å²) in [5, 5.41) is 7.32. The average Bonchev–Trinajstić information content (AvgIpc) is 2.90. The Morgan fingerprint density at radius 2 is 2.24 bits per heavy atom. The Labute approximate surface area is 124 Å². The van der Waals surface area contributed by atoms with Gasteiger partial charge in [-0.1, -0.05) is 0 Å². The third kappa shape index (κ3) is 2.70. The summed E-state index contributed by atoms with van der Waals surface area (Å²) >= 11 is 0. The molecule has 2 aromatic rings. The fourth-order valence-electron chi connectivity index (χ4n) is 2.95. The monoisotopic (exact) mass is 287 g/mol. The average molecular weight is 287 g/mol. The van der Waals surface area contributed by atoms with Gasteiger partial charge in [0.25, 0.3) is 0 Å². The molecule has 3 heterocycles. The molecule has 0 aromatic carbocycles. The Balaban J connectivity index is 1.92. The third-order valence-electron chi connectivity index (χ3n) is 3.87. The zero-order valence-electron chi connectivity index (χ0n) is 12.5. The topological polar surface area (TPSA) is 62.5 Å². The van der Waals surface area contributed by atoms with Gasteiger partial charge in [-0.3, -0.25) is 0 Å². The molecule has 0 bridgehead atoms. The van der Waals surface area contributed by atoms with Gasteiger partial charge in [-0.05, 0) is 45.2 Å². The fraction of sp³-hybridized carbons (Fsp3) is 0.533. The zero-order chi connectivity index (χ0) is 14.8. The normalized spacial score (nSPS) is 19.2. The molecule has 0 radical (unpaired) electrons. The number of urea groups is 1. The minimum atomic E-state index is 0.0127. The van der Waals surface area contributed by atoms with Crippen LogP contribution in [0.2, 0.25) is 0 Å². The molecule has 0 aliphatic carbocycles. The first-order valence-corrected chi connectivity index (χ1v) is 7.51. The van der Waals surface area contributed by atoms with Crippen LogP contribution < -0.4 is 5.32 Å². The molecule has 112 valence electrons. The molecule has 2 aromatic heterocycles. The molecule has 1 N–H and O–H groups in total. The maximum absolute atomic E-state index is 12.4. The molecule has 2 amide bonds. The number of nitrogens with one attached hydrogen (secondary N) is 1. The van der Waals surface area contributed by atoms with Gasteiger partial charge in [-0.15, -0.1) is 0 Å². The predicted octanol–water partition coefficient (Wildman–Crippen LogP) is 2.37. The van der Waals surface area contributed by atoms with Gasteiger partial charge in [0.1, 0.15) is 6.33 Å². The van der Waals surface area contributed by atoms with Crippen molar-refractivity contribution in [3.05, 3.63) is 30.4 Å². The van der Waals surface area contributed by atoms with Gasteiger partial charge in [0.05, 0.1) is 23.4 Å². The number of likely N-dealkylation sites (tertiary alicyclic amines) is 1. The van der Waals surface area contributed by atoms with Gasteiger partial charge >= 0.3 is 6.03 Å². The van der Waals surface area contributed by atoms with Crippen LogP contribution in [0.25, 0.3) is 5.52 Å². The van der Waals surface area contributed by atoms with Crippen LogP contribution in [0.5, 0.6) is 0 Å². The van der Waals surface area contributed by atoms with Crippen molar-refractivity contribution in [2.45, 2.75) is 45.2 Å². The Morgan fingerprint density at radius 1 is 1.38 bits per heavy atom. The van der Waals surface area contributed by atoms with Crippen LogP contribution in [0, 0.1) is 0 Å². The van der Waals surface area contributed by atoms with Crippen LogP contribution >= 0.6 is 0 Å². The Hall–Kier alpha value is -2.11. The zero-order valence-corrected chi connectivity index (χ0v) is 12.5. The lowest BCUT2D eigenvalue weighted by Crippen LogP contribution is -2.47. The van der Waals surface area contributed by atoms with Crippen molar-refractivity contribution in [3.8, 4) is 0 Å². The molecule has 6 nitrogen and oxygen atoms in total. The number of rotatable bonds is 2. The molecule has 1 aliphatic rings. The van der Waals surface area contributed by atoms with Crippen LogP contribution in [-0.2, 0) is 0 Å². The largest absolute Gasteiger partial charge is 0.336 e. The van der Waals surface area contributed by atoms with E-state index in [-0.39, 0.29) is 18.1 Å². The number of amides is 2. The van der Waals surface area contributed by atoms with E-state index in [1.54, 1.807) is 6.20 Å². The van der Waals surface area contributed by atoms with E-state index in [0.29, 0.717) is 0 Å². The van der Waals surface area contributed by atoms with E-state index in [9.17, 15) is 4.79 Å². The van der Waals surface area contributed by atoms with Crippen molar-refractivity contribution >= 4 is 11.5 Å². The standard InChI is InChI=1S/C15H21N5O/c1-11(2)18-15(21)19-8-4-3-5-13(19)14-7-6-12-9-16-10-17-20(12)14/h6-7,9-11,13H,3-5,8H2,1-2H3,(H,18,21). The molecule has 1 unspecified atom stereocenters. The lowest BCUT2D eigenvalue weighted by atomic mass is 10.00. The molecule has 3 rings (SSSR count). The van der Waals surface area contributed by atoms with Crippen LogP contribution in [0.4, 0.5) is 4.79 Å². The second kappa shape index (κ2) is 5.71. The van der Waals surface area contributed by atoms with Gasteiger partial charge in [0.15, 0.2) is 0 Å². The van der Waals surface area contributed by atoms with E-state index in [0.717, 1.165) is 37.0 Å². The number of aromatic nitrogens is 3.